The molecule has 1 unspecified atom stereocenters. The SMILES string of the molecule is CCC(N)(c1ccc(F)cc1)C(C)C.Cl. The van der Waals surface area contributed by atoms with E-state index >= 15 is 0 Å². The van der Waals surface area contributed by atoms with Crippen LogP contribution in [0.4, 0.5) is 4.39 Å². The third-order valence-corrected chi connectivity index (χ3v) is 3.00. The van der Waals surface area contributed by atoms with E-state index in [0.717, 1.165) is 12.0 Å². The smallest absolute Gasteiger partial charge is 0.123 e. The maximum atomic E-state index is 12.7. The summed E-state index contributed by atoms with van der Waals surface area (Å²) in [5.41, 5.74) is 6.96. The quantitative estimate of drug-likeness (QED) is 0.847. The summed E-state index contributed by atoms with van der Waals surface area (Å²) in [5, 5.41) is 0. The fraction of sp³-hybridized carbons (Fsp3) is 0.500. The maximum Gasteiger partial charge on any atom is 0.123 e. The lowest BCUT2D eigenvalue weighted by Crippen LogP contribution is -2.41. The van der Waals surface area contributed by atoms with Crippen LogP contribution in [-0.2, 0) is 5.54 Å². The Balaban J connectivity index is 0.00000196. The summed E-state index contributed by atoms with van der Waals surface area (Å²) in [6, 6.07) is 6.49. The van der Waals surface area contributed by atoms with Gasteiger partial charge in [0.05, 0.1) is 0 Å². The van der Waals surface area contributed by atoms with E-state index in [1.807, 2.05) is 0 Å². The van der Waals surface area contributed by atoms with E-state index < -0.39 is 0 Å². The molecule has 1 atom stereocenters. The number of benzene rings is 1. The minimum absolute atomic E-state index is 0. The number of hydrogen-bond acceptors (Lipinski definition) is 1. The first-order chi connectivity index (χ1) is 6.50. The molecule has 0 spiro atoms. The second kappa shape index (κ2) is 5.47. The Hall–Kier alpha value is -0.600. The summed E-state index contributed by atoms with van der Waals surface area (Å²) in [5.74, 6) is 0.133. The first kappa shape index (κ1) is 14.4. The molecular formula is C12H19ClFN. The van der Waals surface area contributed by atoms with Crippen LogP contribution in [0.15, 0.2) is 24.3 Å². The Kier molecular flexibility index (Phi) is 5.26. The summed E-state index contributed by atoms with van der Waals surface area (Å²) >= 11 is 0. The molecule has 2 N–H and O–H groups in total. The first-order valence-corrected chi connectivity index (χ1v) is 5.05. The van der Waals surface area contributed by atoms with Gasteiger partial charge >= 0.3 is 0 Å². The van der Waals surface area contributed by atoms with Crippen molar-refractivity contribution >= 4 is 12.4 Å². The van der Waals surface area contributed by atoms with Gasteiger partial charge in [-0.3, -0.25) is 0 Å². The molecule has 0 aromatic heterocycles. The summed E-state index contributed by atoms with van der Waals surface area (Å²) in [7, 11) is 0. The number of halogens is 2. The van der Waals surface area contributed by atoms with Crippen molar-refractivity contribution in [3.8, 4) is 0 Å². The van der Waals surface area contributed by atoms with Crippen molar-refractivity contribution in [1.82, 2.24) is 0 Å². The summed E-state index contributed by atoms with van der Waals surface area (Å²) < 4.78 is 12.7. The van der Waals surface area contributed by atoms with Crippen LogP contribution in [0.2, 0.25) is 0 Å². The highest BCUT2D eigenvalue weighted by Crippen LogP contribution is 2.29. The van der Waals surface area contributed by atoms with E-state index in [1.165, 1.54) is 12.1 Å². The van der Waals surface area contributed by atoms with E-state index in [-0.39, 0.29) is 23.8 Å². The van der Waals surface area contributed by atoms with Gasteiger partial charge in [-0.2, -0.15) is 0 Å². The largest absolute Gasteiger partial charge is 0.321 e. The second-order valence-corrected chi connectivity index (χ2v) is 4.06. The summed E-state index contributed by atoms with van der Waals surface area (Å²) in [4.78, 5) is 0. The number of hydrogen-bond donors (Lipinski definition) is 1. The van der Waals surface area contributed by atoms with Crippen molar-refractivity contribution in [3.63, 3.8) is 0 Å². The normalized spacial score (nSPS) is 14.5. The molecule has 0 aliphatic rings. The van der Waals surface area contributed by atoms with Crippen LogP contribution in [0.3, 0.4) is 0 Å². The van der Waals surface area contributed by atoms with Crippen LogP contribution in [0.25, 0.3) is 0 Å². The van der Waals surface area contributed by atoms with Gasteiger partial charge in [-0.05, 0) is 30.0 Å². The molecule has 0 amide bonds. The summed E-state index contributed by atoms with van der Waals surface area (Å²) in [6.07, 6.45) is 0.857. The number of rotatable bonds is 3. The van der Waals surface area contributed by atoms with Gasteiger partial charge < -0.3 is 5.73 Å². The lowest BCUT2D eigenvalue weighted by Gasteiger charge is -2.33. The average Bonchev–Trinajstić information content (AvgIpc) is 2.17. The zero-order chi connectivity index (χ0) is 10.8. The monoisotopic (exact) mass is 231 g/mol. The van der Waals surface area contributed by atoms with Crippen molar-refractivity contribution < 1.29 is 4.39 Å². The molecule has 0 saturated carbocycles. The molecule has 0 aliphatic carbocycles. The Morgan fingerprint density at radius 2 is 1.73 bits per heavy atom. The molecule has 1 rings (SSSR count). The Labute approximate surface area is 97.3 Å². The maximum absolute atomic E-state index is 12.7. The predicted octanol–water partition coefficient (Wildman–Crippen LogP) is 3.47. The molecule has 15 heavy (non-hydrogen) atoms. The Morgan fingerprint density at radius 1 is 1.27 bits per heavy atom. The highest BCUT2D eigenvalue weighted by Gasteiger charge is 2.28. The molecule has 86 valence electrons. The van der Waals surface area contributed by atoms with Gasteiger partial charge in [0, 0.05) is 5.54 Å². The predicted molar refractivity (Wildman–Crippen MR) is 64.6 cm³/mol. The van der Waals surface area contributed by atoms with Gasteiger partial charge in [-0.25, -0.2) is 4.39 Å². The van der Waals surface area contributed by atoms with Crippen molar-refractivity contribution in [1.29, 1.82) is 0 Å². The second-order valence-electron chi connectivity index (χ2n) is 4.06. The molecular weight excluding hydrogens is 213 g/mol. The topological polar surface area (TPSA) is 26.0 Å². The van der Waals surface area contributed by atoms with Gasteiger partial charge in [-0.1, -0.05) is 32.9 Å². The van der Waals surface area contributed by atoms with Crippen LogP contribution in [-0.4, -0.2) is 0 Å². The van der Waals surface area contributed by atoms with Crippen molar-refractivity contribution in [2.45, 2.75) is 32.7 Å². The van der Waals surface area contributed by atoms with Gasteiger partial charge in [-0.15, -0.1) is 12.4 Å². The van der Waals surface area contributed by atoms with Crippen LogP contribution in [0, 0.1) is 11.7 Å². The Bertz CT molecular complexity index is 297. The molecule has 3 heteroatoms. The van der Waals surface area contributed by atoms with E-state index in [1.54, 1.807) is 12.1 Å². The molecule has 0 bridgehead atoms. The van der Waals surface area contributed by atoms with E-state index in [4.69, 9.17) is 5.73 Å². The van der Waals surface area contributed by atoms with Crippen LogP contribution >= 0.6 is 12.4 Å². The van der Waals surface area contributed by atoms with E-state index in [2.05, 4.69) is 20.8 Å². The zero-order valence-corrected chi connectivity index (χ0v) is 10.3. The fourth-order valence-electron chi connectivity index (χ4n) is 1.71. The molecule has 0 radical (unpaired) electrons. The zero-order valence-electron chi connectivity index (χ0n) is 9.46. The lowest BCUT2D eigenvalue weighted by atomic mass is 9.79. The minimum atomic E-state index is -0.340. The van der Waals surface area contributed by atoms with Crippen LogP contribution < -0.4 is 5.73 Å². The Morgan fingerprint density at radius 3 is 2.07 bits per heavy atom. The van der Waals surface area contributed by atoms with Gasteiger partial charge in [0.25, 0.3) is 0 Å². The molecule has 0 aliphatic heterocycles. The minimum Gasteiger partial charge on any atom is -0.321 e. The molecule has 1 nitrogen and oxygen atoms in total. The van der Waals surface area contributed by atoms with Gasteiger partial charge in [0.15, 0.2) is 0 Å². The lowest BCUT2D eigenvalue weighted by molar-refractivity contribution is 0.305. The molecule has 1 aromatic carbocycles. The first-order valence-electron chi connectivity index (χ1n) is 5.05. The fourth-order valence-corrected chi connectivity index (χ4v) is 1.71. The third kappa shape index (κ3) is 2.93. The van der Waals surface area contributed by atoms with Crippen molar-refractivity contribution in [2.75, 3.05) is 0 Å². The van der Waals surface area contributed by atoms with Gasteiger partial charge in [0.1, 0.15) is 5.82 Å². The summed E-state index contributed by atoms with van der Waals surface area (Å²) in [6.45, 7) is 6.24. The standard InChI is InChI=1S/C12H18FN.ClH/c1-4-12(14,9(2)3)10-5-7-11(13)8-6-10;/h5-9H,4,14H2,1-3H3;1H. The van der Waals surface area contributed by atoms with Crippen LogP contribution in [0.1, 0.15) is 32.8 Å². The highest BCUT2D eigenvalue weighted by atomic mass is 35.5. The van der Waals surface area contributed by atoms with Gasteiger partial charge in [0.2, 0.25) is 0 Å². The van der Waals surface area contributed by atoms with E-state index in [0.29, 0.717) is 5.92 Å². The molecule has 0 saturated heterocycles. The molecule has 0 heterocycles. The number of nitrogens with two attached hydrogens (primary N) is 1. The van der Waals surface area contributed by atoms with Crippen molar-refractivity contribution in [2.24, 2.45) is 11.7 Å². The third-order valence-electron chi connectivity index (χ3n) is 3.00. The highest BCUT2D eigenvalue weighted by molar-refractivity contribution is 5.85. The van der Waals surface area contributed by atoms with E-state index in [9.17, 15) is 4.39 Å². The van der Waals surface area contributed by atoms with Crippen LogP contribution in [0.5, 0.6) is 0 Å². The molecule has 0 fully saturated rings. The van der Waals surface area contributed by atoms with Crippen molar-refractivity contribution in [3.05, 3.63) is 35.6 Å². The average molecular weight is 232 g/mol. The molecule has 1 aromatic rings.